The molecule has 2 aromatic rings. The number of fused-ring (bicyclic) bond motifs is 1. The molecular weight excluding hydrogens is 250 g/mol. The predicted octanol–water partition coefficient (Wildman–Crippen LogP) is 2.50. The van der Waals surface area contributed by atoms with Crippen molar-refractivity contribution in [1.29, 1.82) is 0 Å². The lowest BCUT2D eigenvalue weighted by atomic mass is 10.1. The molecular formula is C16H21N3O. The average Bonchev–Trinajstić information content (AvgIpc) is 2.49. The smallest absolute Gasteiger partial charge is 0.131 e. The van der Waals surface area contributed by atoms with E-state index in [9.17, 15) is 0 Å². The predicted molar refractivity (Wildman–Crippen MR) is 82.0 cm³/mol. The van der Waals surface area contributed by atoms with Crippen molar-refractivity contribution in [2.24, 2.45) is 0 Å². The number of para-hydroxylation sites is 1. The number of anilines is 1. The Morgan fingerprint density at radius 2 is 2.05 bits per heavy atom. The zero-order valence-corrected chi connectivity index (χ0v) is 11.9. The Bertz CT molecular complexity index is 579. The maximum Gasteiger partial charge on any atom is 0.131 e. The number of nitrogens with one attached hydrogen (secondary N) is 1. The van der Waals surface area contributed by atoms with E-state index < -0.39 is 0 Å². The number of morpholine rings is 1. The highest BCUT2D eigenvalue weighted by Crippen LogP contribution is 2.22. The first-order valence-corrected chi connectivity index (χ1v) is 7.29. The van der Waals surface area contributed by atoms with Gasteiger partial charge < -0.3 is 10.1 Å². The second kappa shape index (κ2) is 6.20. The molecule has 0 aliphatic carbocycles. The van der Waals surface area contributed by atoms with Crippen LogP contribution in [0.15, 0.2) is 30.3 Å². The molecule has 1 aromatic carbocycles. The van der Waals surface area contributed by atoms with Crippen molar-refractivity contribution in [2.45, 2.75) is 13.5 Å². The zero-order chi connectivity index (χ0) is 13.8. The standard InChI is InChI=1S/C16H21N3O/c1-2-17-16-14(12-19-7-9-20-10-8-19)11-13-5-3-4-6-15(13)18-16/h3-6,11H,2,7-10,12H2,1H3,(H,17,18). The highest BCUT2D eigenvalue weighted by molar-refractivity contribution is 5.81. The molecule has 0 bridgehead atoms. The molecule has 1 aromatic heterocycles. The van der Waals surface area contributed by atoms with Crippen LogP contribution in [0.1, 0.15) is 12.5 Å². The van der Waals surface area contributed by atoms with Crippen LogP contribution in [0.4, 0.5) is 5.82 Å². The highest BCUT2D eigenvalue weighted by Gasteiger charge is 2.14. The van der Waals surface area contributed by atoms with E-state index in [1.165, 1.54) is 10.9 Å². The molecule has 1 N–H and O–H groups in total. The SMILES string of the molecule is CCNc1nc2ccccc2cc1CN1CCOCC1. The van der Waals surface area contributed by atoms with Gasteiger partial charge in [-0.05, 0) is 19.1 Å². The number of rotatable bonds is 4. The Kier molecular flexibility index (Phi) is 4.14. The first-order valence-electron chi connectivity index (χ1n) is 7.29. The maximum absolute atomic E-state index is 5.41. The van der Waals surface area contributed by atoms with Crippen LogP contribution in [0.2, 0.25) is 0 Å². The van der Waals surface area contributed by atoms with Crippen molar-refractivity contribution >= 4 is 16.7 Å². The Hall–Kier alpha value is -1.65. The fraction of sp³-hybridized carbons (Fsp3) is 0.438. The molecule has 3 rings (SSSR count). The van der Waals surface area contributed by atoms with Crippen molar-refractivity contribution < 1.29 is 4.74 Å². The lowest BCUT2D eigenvalue weighted by Gasteiger charge is -2.27. The Morgan fingerprint density at radius 1 is 1.25 bits per heavy atom. The summed E-state index contributed by atoms with van der Waals surface area (Å²) >= 11 is 0. The lowest BCUT2D eigenvalue weighted by molar-refractivity contribution is 0.0342. The molecule has 106 valence electrons. The van der Waals surface area contributed by atoms with Gasteiger partial charge in [-0.25, -0.2) is 4.98 Å². The van der Waals surface area contributed by atoms with E-state index in [0.717, 1.165) is 50.7 Å². The second-order valence-corrected chi connectivity index (χ2v) is 5.11. The van der Waals surface area contributed by atoms with Crippen LogP contribution in [0.3, 0.4) is 0 Å². The third-order valence-corrected chi connectivity index (χ3v) is 3.64. The van der Waals surface area contributed by atoms with Gasteiger partial charge in [-0.2, -0.15) is 0 Å². The molecule has 1 fully saturated rings. The number of ether oxygens (including phenoxy) is 1. The van der Waals surface area contributed by atoms with Gasteiger partial charge in [0.15, 0.2) is 0 Å². The summed E-state index contributed by atoms with van der Waals surface area (Å²) in [6.45, 7) is 7.59. The monoisotopic (exact) mass is 271 g/mol. The first kappa shape index (κ1) is 13.3. The van der Waals surface area contributed by atoms with E-state index in [1.807, 2.05) is 6.07 Å². The third-order valence-electron chi connectivity index (χ3n) is 3.64. The molecule has 0 unspecified atom stereocenters. The number of pyridine rings is 1. The van der Waals surface area contributed by atoms with E-state index in [-0.39, 0.29) is 0 Å². The molecule has 1 aliphatic rings. The van der Waals surface area contributed by atoms with Crippen LogP contribution >= 0.6 is 0 Å². The van der Waals surface area contributed by atoms with E-state index in [2.05, 4.69) is 41.4 Å². The quantitative estimate of drug-likeness (QED) is 0.927. The lowest BCUT2D eigenvalue weighted by Crippen LogP contribution is -2.35. The van der Waals surface area contributed by atoms with E-state index >= 15 is 0 Å². The highest BCUT2D eigenvalue weighted by atomic mass is 16.5. The number of hydrogen-bond acceptors (Lipinski definition) is 4. The van der Waals surface area contributed by atoms with Gasteiger partial charge in [0.2, 0.25) is 0 Å². The first-order chi connectivity index (χ1) is 9.86. The summed E-state index contributed by atoms with van der Waals surface area (Å²) in [5.74, 6) is 1.01. The van der Waals surface area contributed by atoms with Crippen molar-refractivity contribution in [1.82, 2.24) is 9.88 Å². The van der Waals surface area contributed by atoms with Gasteiger partial charge in [0.1, 0.15) is 5.82 Å². The molecule has 1 saturated heterocycles. The molecule has 0 amide bonds. The van der Waals surface area contributed by atoms with E-state index in [0.29, 0.717) is 0 Å². The van der Waals surface area contributed by atoms with Gasteiger partial charge in [-0.3, -0.25) is 4.90 Å². The van der Waals surface area contributed by atoms with Crippen LogP contribution in [-0.4, -0.2) is 42.7 Å². The minimum Gasteiger partial charge on any atom is -0.379 e. The van der Waals surface area contributed by atoms with Crippen LogP contribution in [0.25, 0.3) is 10.9 Å². The summed E-state index contributed by atoms with van der Waals surface area (Å²) in [7, 11) is 0. The minimum absolute atomic E-state index is 0.831. The van der Waals surface area contributed by atoms with Crippen molar-refractivity contribution in [3.63, 3.8) is 0 Å². The summed E-state index contributed by atoms with van der Waals surface area (Å²) in [6.07, 6.45) is 0. The van der Waals surface area contributed by atoms with Gasteiger partial charge in [0.25, 0.3) is 0 Å². The van der Waals surface area contributed by atoms with Gasteiger partial charge in [0.05, 0.1) is 18.7 Å². The van der Waals surface area contributed by atoms with Crippen molar-refractivity contribution in [3.8, 4) is 0 Å². The molecule has 0 saturated carbocycles. The Morgan fingerprint density at radius 3 is 2.85 bits per heavy atom. The fourth-order valence-electron chi connectivity index (χ4n) is 2.60. The molecule has 4 heteroatoms. The number of aromatic nitrogens is 1. The largest absolute Gasteiger partial charge is 0.379 e. The summed E-state index contributed by atoms with van der Waals surface area (Å²) in [5, 5.41) is 4.59. The van der Waals surface area contributed by atoms with Gasteiger partial charge >= 0.3 is 0 Å². The third kappa shape index (κ3) is 2.92. The molecule has 4 nitrogen and oxygen atoms in total. The van der Waals surface area contributed by atoms with E-state index in [1.54, 1.807) is 0 Å². The van der Waals surface area contributed by atoms with Crippen molar-refractivity contribution in [3.05, 3.63) is 35.9 Å². The van der Waals surface area contributed by atoms with Crippen LogP contribution < -0.4 is 5.32 Å². The maximum atomic E-state index is 5.41. The Labute approximate surface area is 119 Å². The molecule has 0 radical (unpaired) electrons. The van der Waals surface area contributed by atoms with Crippen molar-refractivity contribution in [2.75, 3.05) is 38.2 Å². The average molecular weight is 271 g/mol. The second-order valence-electron chi connectivity index (χ2n) is 5.11. The molecule has 0 spiro atoms. The normalized spacial score (nSPS) is 16.4. The summed E-state index contributed by atoms with van der Waals surface area (Å²) in [5.41, 5.74) is 2.32. The van der Waals surface area contributed by atoms with Crippen LogP contribution in [0, 0.1) is 0 Å². The number of hydrogen-bond donors (Lipinski definition) is 1. The van der Waals surface area contributed by atoms with E-state index in [4.69, 9.17) is 9.72 Å². The summed E-state index contributed by atoms with van der Waals surface area (Å²) in [4.78, 5) is 7.19. The van der Waals surface area contributed by atoms with Gasteiger partial charge in [0, 0.05) is 37.1 Å². The summed E-state index contributed by atoms with van der Waals surface area (Å²) < 4.78 is 5.41. The fourth-order valence-corrected chi connectivity index (χ4v) is 2.60. The number of nitrogens with zero attached hydrogens (tertiary/aromatic N) is 2. The Balaban J connectivity index is 1.91. The topological polar surface area (TPSA) is 37.4 Å². The molecule has 1 aliphatic heterocycles. The molecule has 2 heterocycles. The molecule has 0 atom stereocenters. The zero-order valence-electron chi connectivity index (χ0n) is 11.9. The number of benzene rings is 1. The summed E-state index contributed by atoms with van der Waals surface area (Å²) in [6, 6.07) is 10.5. The van der Waals surface area contributed by atoms with Gasteiger partial charge in [-0.1, -0.05) is 18.2 Å². The molecule has 20 heavy (non-hydrogen) atoms. The van der Waals surface area contributed by atoms with Crippen LogP contribution in [-0.2, 0) is 11.3 Å². The van der Waals surface area contributed by atoms with Crippen LogP contribution in [0.5, 0.6) is 0 Å². The minimum atomic E-state index is 0.831. The van der Waals surface area contributed by atoms with Gasteiger partial charge in [-0.15, -0.1) is 0 Å².